The van der Waals surface area contributed by atoms with Crippen LogP contribution >= 0.6 is 11.6 Å². The Bertz CT molecular complexity index is 593. The van der Waals surface area contributed by atoms with Gasteiger partial charge in [-0.25, -0.2) is 0 Å². The first-order valence-electron chi connectivity index (χ1n) is 6.65. The second kappa shape index (κ2) is 7.75. The zero-order chi connectivity index (χ0) is 15.1. The fraction of sp³-hybridized carbons (Fsp3) is 0.357. The van der Waals surface area contributed by atoms with Crippen molar-refractivity contribution in [2.24, 2.45) is 0 Å². The zero-order valence-electron chi connectivity index (χ0n) is 12.1. The highest BCUT2D eigenvalue weighted by molar-refractivity contribution is 6.31. The summed E-state index contributed by atoms with van der Waals surface area (Å²) in [5.74, 6) is 1.10. The van der Waals surface area contributed by atoms with Crippen LogP contribution in [0.25, 0.3) is 0 Å². The van der Waals surface area contributed by atoms with Gasteiger partial charge in [-0.05, 0) is 31.0 Å². The predicted molar refractivity (Wildman–Crippen MR) is 84.3 cm³/mol. The van der Waals surface area contributed by atoms with Crippen molar-refractivity contribution in [1.82, 2.24) is 15.2 Å². The van der Waals surface area contributed by atoms with Crippen molar-refractivity contribution in [2.45, 2.75) is 13.3 Å². The highest BCUT2D eigenvalue weighted by atomic mass is 35.5. The standard InChI is InChI=1S/C14H18ClN5O/c1-10-11(15)5-3-6-12(10)18-13-9-17-20-14(19-13)16-7-4-8-21-2/h3,5-6,9H,4,7-8H2,1-2H3,(H2,16,18,19,20). The van der Waals surface area contributed by atoms with E-state index in [1.807, 2.05) is 25.1 Å². The number of hydrogen-bond donors (Lipinski definition) is 2. The van der Waals surface area contributed by atoms with E-state index in [1.165, 1.54) is 0 Å². The van der Waals surface area contributed by atoms with E-state index in [-0.39, 0.29) is 0 Å². The lowest BCUT2D eigenvalue weighted by atomic mass is 10.2. The lowest BCUT2D eigenvalue weighted by Crippen LogP contribution is -2.09. The van der Waals surface area contributed by atoms with Crippen LogP contribution in [-0.4, -0.2) is 35.4 Å². The van der Waals surface area contributed by atoms with Crippen molar-refractivity contribution < 1.29 is 4.74 Å². The van der Waals surface area contributed by atoms with Crippen molar-refractivity contribution in [2.75, 3.05) is 30.9 Å². The van der Waals surface area contributed by atoms with Gasteiger partial charge >= 0.3 is 0 Å². The molecule has 1 heterocycles. The van der Waals surface area contributed by atoms with E-state index in [9.17, 15) is 0 Å². The summed E-state index contributed by atoms with van der Waals surface area (Å²) in [5.41, 5.74) is 1.86. The van der Waals surface area contributed by atoms with Gasteiger partial charge in [-0.2, -0.15) is 10.1 Å². The molecule has 112 valence electrons. The van der Waals surface area contributed by atoms with Gasteiger partial charge in [0.05, 0.1) is 6.20 Å². The molecule has 1 aromatic heterocycles. The maximum absolute atomic E-state index is 6.10. The van der Waals surface area contributed by atoms with Crippen molar-refractivity contribution in [3.05, 3.63) is 35.0 Å². The fourth-order valence-corrected chi connectivity index (χ4v) is 1.91. The van der Waals surface area contributed by atoms with Gasteiger partial charge in [0.1, 0.15) is 0 Å². The number of aromatic nitrogens is 3. The summed E-state index contributed by atoms with van der Waals surface area (Å²) in [5, 5.41) is 14.9. The molecule has 0 saturated carbocycles. The minimum absolute atomic E-state index is 0.482. The average Bonchev–Trinajstić information content (AvgIpc) is 2.49. The number of hydrogen-bond acceptors (Lipinski definition) is 6. The molecule has 0 saturated heterocycles. The van der Waals surface area contributed by atoms with Gasteiger partial charge < -0.3 is 15.4 Å². The monoisotopic (exact) mass is 307 g/mol. The van der Waals surface area contributed by atoms with Gasteiger partial charge in [0.25, 0.3) is 0 Å². The Morgan fingerprint density at radius 1 is 1.33 bits per heavy atom. The van der Waals surface area contributed by atoms with Crippen LogP contribution in [0.2, 0.25) is 5.02 Å². The van der Waals surface area contributed by atoms with Crippen LogP contribution in [-0.2, 0) is 4.74 Å². The molecular weight excluding hydrogens is 290 g/mol. The lowest BCUT2D eigenvalue weighted by molar-refractivity contribution is 0.197. The van der Waals surface area contributed by atoms with Crippen molar-refractivity contribution in [3.63, 3.8) is 0 Å². The average molecular weight is 308 g/mol. The normalized spacial score (nSPS) is 10.4. The molecule has 0 aliphatic rings. The first-order chi connectivity index (χ1) is 10.2. The van der Waals surface area contributed by atoms with Crippen LogP contribution in [0, 0.1) is 6.92 Å². The van der Waals surface area contributed by atoms with Crippen molar-refractivity contribution in [1.29, 1.82) is 0 Å². The van der Waals surface area contributed by atoms with E-state index < -0.39 is 0 Å². The van der Waals surface area contributed by atoms with Crippen LogP contribution < -0.4 is 10.6 Å². The summed E-state index contributed by atoms with van der Waals surface area (Å²) < 4.78 is 4.99. The molecule has 0 radical (unpaired) electrons. The number of rotatable bonds is 7. The first-order valence-corrected chi connectivity index (χ1v) is 7.03. The molecule has 21 heavy (non-hydrogen) atoms. The molecule has 7 heteroatoms. The van der Waals surface area contributed by atoms with Crippen LogP contribution in [0.3, 0.4) is 0 Å². The molecule has 2 aromatic rings. The summed E-state index contributed by atoms with van der Waals surface area (Å²) in [7, 11) is 1.68. The Kier molecular flexibility index (Phi) is 5.71. The maximum atomic E-state index is 6.10. The summed E-state index contributed by atoms with van der Waals surface area (Å²) in [4.78, 5) is 4.36. The highest BCUT2D eigenvalue weighted by Gasteiger charge is 2.05. The van der Waals surface area contributed by atoms with E-state index in [2.05, 4.69) is 25.8 Å². The van der Waals surface area contributed by atoms with Crippen LogP contribution in [0.15, 0.2) is 24.4 Å². The molecule has 0 amide bonds. The number of ether oxygens (including phenoxy) is 1. The first kappa shape index (κ1) is 15.5. The largest absolute Gasteiger partial charge is 0.385 e. The fourth-order valence-electron chi connectivity index (χ4n) is 1.74. The molecule has 6 nitrogen and oxygen atoms in total. The van der Waals surface area contributed by atoms with E-state index >= 15 is 0 Å². The summed E-state index contributed by atoms with van der Waals surface area (Å²) in [6.45, 7) is 3.37. The van der Waals surface area contributed by atoms with Gasteiger partial charge in [-0.3, -0.25) is 0 Å². The van der Waals surface area contributed by atoms with Crippen LogP contribution in [0.5, 0.6) is 0 Å². The van der Waals surface area contributed by atoms with Gasteiger partial charge in [-0.15, -0.1) is 5.10 Å². The molecule has 0 aliphatic heterocycles. The third-order valence-electron chi connectivity index (χ3n) is 2.90. The number of benzene rings is 1. The van der Waals surface area contributed by atoms with Gasteiger partial charge in [0.2, 0.25) is 5.95 Å². The Balaban J connectivity index is 2.02. The second-order valence-corrected chi connectivity index (χ2v) is 4.88. The molecule has 0 fully saturated rings. The number of anilines is 3. The van der Waals surface area contributed by atoms with Crippen molar-refractivity contribution in [3.8, 4) is 0 Å². The predicted octanol–water partition coefficient (Wildman–Crippen LogP) is 3.03. The quantitative estimate of drug-likeness (QED) is 0.766. The van der Waals surface area contributed by atoms with E-state index in [0.29, 0.717) is 23.4 Å². The SMILES string of the molecule is COCCCNc1nncc(Nc2cccc(Cl)c2C)n1. The zero-order valence-corrected chi connectivity index (χ0v) is 12.8. The second-order valence-electron chi connectivity index (χ2n) is 4.48. The number of nitrogens with one attached hydrogen (secondary N) is 2. The lowest BCUT2D eigenvalue weighted by Gasteiger charge is -2.10. The molecule has 1 aromatic carbocycles. The van der Waals surface area contributed by atoms with Gasteiger partial charge in [0, 0.05) is 31.0 Å². The Morgan fingerprint density at radius 2 is 2.19 bits per heavy atom. The third kappa shape index (κ3) is 4.54. The maximum Gasteiger partial charge on any atom is 0.244 e. The number of methoxy groups -OCH3 is 1. The van der Waals surface area contributed by atoms with Gasteiger partial charge in [-0.1, -0.05) is 17.7 Å². The molecule has 0 unspecified atom stereocenters. The molecule has 2 N–H and O–H groups in total. The Labute approximate surface area is 128 Å². The van der Waals surface area contributed by atoms with E-state index in [0.717, 1.165) is 24.2 Å². The van der Waals surface area contributed by atoms with Crippen molar-refractivity contribution >= 4 is 29.1 Å². The van der Waals surface area contributed by atoms with Crippen LogP contribution in [0.1, 0.15) is 12.0 Å². The minimum atomic E-state index is 0.482. The molecule has 2 rings (SSSR count). The topological polar surface area (TPSA) is 72.0 Å². The van der Waals surface area contributed by atoms with Gasteiger partial charge in [0.15, 0.2) is 5.82 Å². The smallest absolute Gasteiger partial charge is 0.244 e. The Hall–Kier alpha value is -1.92. The number of halogens is 1. The Morgan fingerprint density at radius 3 is 3.00 bits per heavy atom. The minimum Gasteiger partial charge on any atom is -0.385 e. The third-order valence-corrected chi connectivity index (χ3v) is 3.31. The summed E-state index contributed by atoms with van der Waals surface area (Å²) in [6, 6.07) is 5.67. The van der Waals surface area contributed by atoms with Crippen LogP contribution in [0.4, 0.5) is 17.5 Å². The molecule has 0 aliphatic carbocycles. The summed E-state index contributed by atoms with van der Waals surface area (Å²) >= 11 is 6.10. The number of nitrogens with zero attached hydrogens (tertiary/aromatic N) is 3. The molecule has 0 atom stereocenters. The molecule has 0 bridgehead atoms. The molecular formula is C14H18ClN5O. The van der Waals surface area contributed by atoms with E-state index in [1.54, 1.807) is 13.3 Å². The summed E-state index contributed by atoms with van der Waals surface area (Å²) in [6.07, 6.45) is 2.45. The highest BCUT2D eigenvalue weighted by Crippen LogP contribution is 2.25. The van der Waals surface area contributed by atoms with E-state index in [4.69, 9.17) is 16.3 Å². The molecule has 0 spiro atoms.